The fourth-order valence-corrected chi connectivity index (χ4v) is 3.20. The van der Waals surface area contributed by atoms with E-state index in [4.69, 9.17) is 11.6 Å². The second kappa shape index (κ2) is 7.93. The number of hydrogen-bond acceptors (Lipinski definition) is 3. The van der Waals surface area contributed by atoms with E-state index in [0.717, 1.165) is 6.07 Å². The van der Waals surface area contributed by atoms with Gasteiger partial charge in [-0.2, -0.15) is 0 Å². The molecule has 0 aliphatic heterocycles. The first kappa shape index (κ1) is 19.0. The first-order valence-electron chi connectivity index (χ1n) is 8.74. The number of para-hydroxylation sites is 1. The summed E-state index contributed by atoms with van der Waals surface area (Å²) >= 11 is 6.30. The van der Waals surface area contributed by atoms with Crippen LogP contribution in [0, 0.1) is 5.82 Å². The average Bonchev–Trinajstić information content (AvgIpc) is 2.74. The van der Waals surface area contributed by atoms with E-state index in [2.05, 4.69) is 9.97 Å². The van der Waals surface area contributed by atoms with E-state index in [1.54, 1.807) is 54.6 Å². The normalized spacial score (nSPS) is 11.4. The van der Waals surface area contributed by atoms with E-state index < -0.39 is 18.1 Å². The van der Waals surface area contributed by atoms with Gasteiger partial charge in [0.25, 0.3) is 5.56 Å². The second-order valence-electron chi connectivity index (χ2n) is 6.24. The van der Waals surface area contributed by atoms with Crippen LogP contribution in [0.5, 0.6) is 0 Å². The molecule has 0 amide bonds. The highest BCUT2D eigenvalue weighted by Gasteiger charge is 2.14. The Balaban J connectivity index is 1.95. The standard InChI is InChI=1S/C22H14ClF2N3O/c23-18-6-1-2-7-20(18)28-21(11-9-15-4-3-5-16(13-24)26-15)27-19-10-8-14(25)12-17(19)22(28)29/h1-12H,13H2/b11-9+. The summed E-state index contributed by atoms with van der Waals surface area (Å²) in [7, 11) is 0. The SMILES string of the molecule is O=c1c2cc(F)ccc2nc(/C=C/c2cccc(CF)n2)n1-c1ccccc1Cl. The zero-order valence-electron chi connectivity index (χ0n) is 15.0. The molecule has 0 N–H and O–H groups in total. The van der Waals surface area contributed by atoms with Gasteiger partial charge in [-0.3, -0.25) is 14.3 Å². The lowest BCUT2D eigenvalue weighted by Gasteiger charge is -2.12. The summed E-state index contributed by atoms with van der Waals surface area (Å²) in [5.74, 6) is -0.243. The van der Waals surface area contributed by atoms with Gasteiger partial charge in [-0.1, -0.05) is 29.8 Å². The Bertz CT molecular complexity index is 1300. The molecule has 4 nitrogen and oxygen atoms in total. The van der Waals surface area contributed by atoms with Gasteiger partial charge in [-0.25, -0.2) is 13.8 Å². The Morgan fingerprint density at radius 1 is 1.00 bits per heavy atom. The van der Waals surface area contributed by atoms with Crippen LogP contribution in [0.15, 0.2) is 65.5 Å². The van der Waals surface area contributed by atoms with Crippen molar-refractivity contribution in [3.63, 3.8) is 0 Å². The molecule has 0 aliphatic carbocycles. The zero-order valence-corrected chi connectivity index (χ0v) is 15.8. The molecule has 0 saturated heterocycles. The summed E-state index contributed by atoms with van der Waals surface area (Å²) in [5.41, 5.74) is 1.14. The molecule has 2 aromatic heterocycles. The lowest BCUT2D eigenvalue weighted by molar-refractivity contribution is 0.476. The van der Waals surface area contributed by atoms with E-state index >= 15 is 0 Å². The first-order chi connectivity index (χ1) is 14.1. The Labute approximate surface area is 169 Å². The second-order valence-corrected chi connectivity index (χ2v) is 6.65. The van der Waals surface area contributed by atoms with Crippen LogP contribution in [0.4, 0.5) is 8.78 Å². The predicted molar refractivity (Wildman–Crippen MR) is 110 cm³/mol. The summed E-state index contributed by atoms with van der Waals surface area (Å²) < 4.78 is 27.9. The summed E-state index contributed by atoms with van der Waals surface area (Å²) in [4.78, 5) is 21.8. The third-order valence-corrected chi connectivity index (χ3v) is 4.64. The molecule has 0 spiro atoms. The van der Waals surface area contributed by atoms with Crippen LogP contribution in [0.3, 0.4) is 0 Å². The van der Waals surface area contributed by atoms with Crippen molar-refractivity contribution in [1.82, 2.24) is 14.5 Å². The van der Waals surface area contributed by atoms with Crippen LogP contribution in [0.2, 0.25) is 5.02 Å². The average molecular weight is 410 g/mol. The molecule has 0 aliphatic rings. The maximum atomic E-state index is 13.7. The highest BCUT2D eigenvalue weighted by atomic mass is 35.5. The van der Waals surface area contributed by atoms with Crippen molar-refractivity contribution < 1.29 is 8.78 Å². The van der Waals surface area contributed by atoms with Gasteiger partial charge in [0.15, 0.2) is 0 Å². The van der Waals surface area contributed by atoms with Gasteiger partial charge in [-0.15, -0.1) is 0 Å². The largest absolute Gasteiger partial charge is 0.268 e. The lowest BCUT2D eigenvalue weighted by atomic mass is 10.2. The van der Waals surface area contributed by atoms with Gasteiger partial charge in [0.05, 0.1) is 33.0 Å². The molecule has 4 aromatic rings. The number of benzene rings is 2. The molecule has 0 saturated carbocycles. The minimum atomic E-state index is -0.675. The third kappa shape index (κ3) is 3.79. The maximum Gasteiger partial charge on any atom is 0.266 e. The number of nitrogens with zero attached hydrogens (tertiary/aromatic N) is 3. The van der Waals surface area contributed by atoms with Gasteiger partial charge in [0, 0.05) is 0 Å². The smallest absolute Gasteiger partial charge is 0.266 e. The van der Waals surface area contributed by atoms with Gasteiger partial charge in [0.1, 0.15) is 18.3 Å². The molecule has 0 radical (unpaired) electrons. The first-order valence-corrected chi connectivity index (χ1v) is 9.12. The molecule has 2 aromatic carbocycles. The fraction of sp³-hybridized carbons (Fsp3) is 0.0455. The number of aromatic nitrogens is 3. The summed E-state index contributed by atoms with van der Waals surface area (Å²) in [6, 6.07) is 15.6. The van der Waals surface area contributed by atoms with Crippen LogP contribution >= 0.6 is 11.6 Å². The van der Waals surface area contributed by atoms with Crippen LogP contribution in [-0.4, -0.2) is 14.5 Å². The molecule has 0 bridgehead atoms. The van der Waals surface area contributed by atoms with Crippen molar-refractivity contribution in [3.8, 4) is 5.69 Å². The zero-order chi connectivity index (χ0) is 20.4. The van der Waals surface area contributed by atoms with Crippen LogP contribution < -0.4 is 5.56 Å². The Hall–Kier alpha value is -3.38. The van der Waals surface area contributed by atoms with E-state index in [0.29, 0.717) is 27.6 Å². The maximum absolute atomic E-state index is 13.7. The van der Waals surface area contributed by atoms with Crippen molar-refractivity contribution in [2.75, 3.05) is 0 Å². The Morgan fingerprint density at radius 2 is 1.83 bits per heavy atom. The van der Waals surface area contributed by atoms with Crippen LogP contribution in [0.25, 0.3) is 28.7 Å². The topological polar surface area (TPSA) is 47.8 Å². The molecule has 0 fully saturated rings. The quantitative estimate of drug-likeness (QED) is 0.464. The van der Waals surface area contributed by atoms with Gasteiger partial charge < -0.3 is 0 Å². The number of halogens is 3. The molecule has 0 atom stereocenters. The Morgan fingerprint density at radius 3 is 2.62 bits per heavy atom. The molecular formula is C22H14ClF2N3O. The van der Waals surface area contributed by atoms with Crippen molar-refractivity contribution in [1.29, 1.82) is 0 Å². The van der Waals surface area contributed by atoms with Crippen LogP contribution in [-0.2, 0) is 6.67 Å². The highest BCUT2D eigenvalue weighted by Crippen LogP contribution is 2.22. The van der Waals surface area contributed by atoms with E-state index in [1.165, 1.54) is 16.7 Å². The van der Waals surface area contributed by atoms with Crippen molar-refractivity contribution in [2.24, 2.45) is 0 Å². The highest BCUT2D eigenvalue weighted by molar-refractivity contribution is 6.32. The summed E-state index contributed by atoms with van der Waals surface area (Å²) in [6.45, 7) is -0.675. The minimum Gasteiger partial charge on any atom is -0.268 e. The molecule has 7 heteroatoms. The van der Waals surface area contributed by atoms with Gasteiger partial charge in [-0.05, 0) is 54.6 Å². The fourth-order valence-electron chi connectivity index (χ4n) is 2.98. The number of rotatable bonds is 4. The molecule has 2 heterocycles. The summed E-state index contributed by atoms with van der Waals surface area (Å²) in [6.07, 6.45) is 3.22. The van der Waals surface area contributed by atoms with Crippen molar-refractivity contribution >= 4 is 34.7 Å². The van der Waals surface area contributed by atoms with Crippen molar-refractivity contribution in [2.45, 2.75) is 6.67 Å². The number of hydrogen-bond donors (Lipinski definition) is 0. The molecule has 4 rings (SSSR count). The predicted octanol–water partition coefficient (Wildman–Crippen LogP) is 5.21. The number of fused-ring (bicyclic) bond motifs is 1. The minimum absolute atomic E-state index is 0.139. The monoisotopic (exact) mass is 409 g/mol. The van der Waals surface area contributed by atoms with Crippen LogP contribution in [0.1, 0.15) is 17.2 Å². The molecular weight excluding hydrogens is 396 g/mol. The number of pyridine rings is 1. The van der Waals surface area contributed by atoms with E-state index in [9.17, 15) is 13.6 Å². The number of alkyl halides is 1. The third-order valence-electron chi connectivity index (χ3n) is 4.32. The molecule has 0 unspecified atom stereocenters. The van der Waals surface area contributed by atoms with E-state index in [1.807, 2.05) is 0 Å². The Kier molecular flexibility index (Phi) is 5.18. The van der Waals surface area contributed by atoms with Gasteiger partial charge in [0.2, 0.25) is 0 Å². The van der Waals surface area contributed by atoms with Crippen molar-refractivity contribution in [3.05, 3.63) is 99.1 Å². The van der Waals surface area contributed by atoms with Gasteiger partial charge >= 0.3 is 0 Å². The molecule has 29 heavy (non-hydrogen) atoms. The lowest BCUT2D eigenvalue weighted by Crippen LogP contribution is -2.22. The van der Waals surface area contributed by atoms with E-state index in [-0.39, 0.29) is 11.2 Å². The summed E-state index contributed by atoms with van der Waals surface area (Å²) in [5, 5.41) is 0.485. The molecule has 144 valence electrons.